The zero-order chi connectivity index (χ0) is 8.81. The van der Waals surface area contributed by atoms with Crippen LogP contribution in [-0.4, -0.2) is 32.0 Å². The third kappa shape index (κ3) is 3.52. The first-order valence-electron chi connectivity index (χ1n) is 4.78. The van der Waals surface area contributed by atoms with E-state index in [4.69, 9.17) is 15.2 Å². The number of hydrogen-bond acceptors (Lipinski definition) is 3. The van der Waals surface area contributed by atoms with Crippen LogP contribution in [0.3, 0.4) is 0 Å². The predicted octanol–water partition coefficient (Wildman–Crippen LogP) is 0.919. The molecule has 2 N–H and O–H groups in total. The number of hydrogen-bond donors (Lipinski definition) is 1. The molecule has 0 spiro atoms. The van der Waals surface area contributed by atoms with Gasteiger partial charge in [0.2, 0.25) is 0 Å². The standard InChI is InChI=1S/C9H19NO2/c1-2-11-7-8(10)6-9-4-3-5-12-9/h8-9H,2-7,10H2,1H3. The number of nitrogens with two attached hydrogens (primary N) is 1. The van der Waals surface area contributed by atoms with E-state index in [1.54, 1.807) is 0 Å². The molecule has 1 rings (SSSR count). The van der Waals surface area contributed by atoms with Gasteiger partial charge in [0, 0.05) is 19.3 Å². The van der Waals surface area contributed by atoms with Crippen LogP contribution in [0.1, 0.15) is 26.2 Å². The Kier molecular flexibility index (Phi) is 4.58. The van der Waals surface area contributed by atoms with Gasteiger partial charge in [-0.15, -0.1) is 0 Å². The molecular weight excluding hydrogens is 154 g/mol. The summed E-state index contributed by atoms with van der Waals surface area (Å²) >= 11 is 0. The maximum absolute atomic E-state index is 5.83. The largest absolute Gasteiger partial charge is 0.380 e. The molecule has 1 saturated heterocycles. The minimum atomic E-state index is 0.146. The quantitative estimate of drug-likeness (QED) is 0.672. The molecular formula is C9H19NO2. The molecule has 1 aliphatic rings. The molecule has 1 heterocycles. The van der Waals surface area contributed by atoms with Gasteiger partial charge >= 0.3 is 0 Å². The maximum atomic E-state index is 5.83. The monoisotopic (exact) mass is 173 g/mol. The lowest BCUT2D eigenvalue weighted by molar-refractivity contribution is 0.0754. The van der Waals surface area contributed by atoms with Crippen molar-refractivity contribution in [1.29, 1.82) is 0 Å². The summed E-state index contributed by atoms with van der Waals surface area (Å²) in [5.74, 6) is 0. The second-order valence-corrected chi connectivity index (χ2v) is 3.29. The van der Waals surface area contributed by atoms with Crippen LogP contribution in [0.5, 0.6) is 0 Å². The molecule has 0 aromatic heterocycles. The van der Waals surface area contributed by atoms with E-state index in [9.17, 15) is 0 Å². The Morgan fingerprint density at radius 2 is 2.50 bits per heavy atom. The highest BCUT2D eigenvalue weighted by Crippen LogP contribution is 2.16. The molecule has 0 aromatic carbocycles. The van der Waals surface area contributed by atoms with Crippen molar-refractivity contribution in [3.05, 3.63) is 0 Å². The first-order chi connectivity index (χ1) is 5.83. The van der Waals surface area contributed by atoms with Crippen LogP contribution in [0.2, 0.25) is 0 Å². The van der Waals surface area contributed by atoms with E-state index in [2.05, 4.69) is 0 Å². The Bertz CT molecular complexity index is 113. The molecule has 0 radical (unpaired) electrons. The first kappa shape index (κ1) is 9.96. The van der Waals surface area contributed by atoms with Crippen LogP contribution in [-0.2, 0) is 9.47 Å². The van der Waals surface area contributed by atoms with E-state index in [-0.39, 0.29) is 6.04 Å². The minimum Gasteiger partial charge on any atom is -0.380 e. The van der Waals surface area contributed by atoms with Crippen LogP contribution in [0, 0.1) is 0 Å². The smallest absolute Gasteiger partial charge is 0.0618 e. The fraction of sp³-hybridized carbons (Fsp3) is 1.00. The molecule has 3 heteroatoms. The number of ether oxygens (including phenoxy) is 2. The predicted molar refractivity (Wildman–Crippen MR) is 48.1 cm³/mol. The van der Waals surface area contributed by atoms with E-state index in [1.165, 1.54) is 12.8 Å². The van der Waals surface area contributed by atoms with E-state index >= 15 is 0 Å². The van der Waals surface area contributed by atoms with Crippen molar-refractivity contribution in [1.82, 2.24) is 0 Å². The third-order valence-electron chi connectivity index (χ3n) is 2.13. The van der Waals surface area contributed by atoms with Crippen molar-refractivity contribution in [2.75, 3.05) is 19.8 Å². The van der Waals surface area contributed by atoms with Crippen LogP contribution in [0.25, 0.3) is 0 Å². The second-order valence-electron chi connectivity index (χ2n) is 3.29. The molecule has 12 heavy (non-hydrogen) atoms. The maximum Gasteiger partial charge on any atom is 0.0618 e. The van der Waals surface area contributed by atoms with E-state index in [0.29, 0.717) is 12.7 Å². The van der Waals surface area contributed by atoms with Gasteiger partial charge in [0.25, 0.3) is 0 Å². The van der Waals surface area contributed by atoms with Gasteiger partial charge in [-0.25, -0.2) is 0 Å². The zero-order valence-corrected chi connectivity index (χ0v) is 7.79. The highest BCUT2D eigenvalue weighted by molar-refractivity contribution is 4.71. The van der Waals surface area contributed by atoms with Gasteiger partial charge in [0.05, 0.1) is 12.7 Å². The van der Waals surface area contributed by atoms with Gasteiger partial charge in [0.1, 0.15) is 0 Å². The third-order valence-corrected chi connectivity index (χ3v) is 2.13. The highest BCUT2D eigenvalue weighted by atomic mass is 16.5. The molecule has 2 atom stereocenters. The van der Waals surface area contributed by atoms with E-state index in [1.807, 2.05) is 6.92 Å². The summed E-state index contributed by atoms with van der Waals surface area (Å²) in [5, 5.41) is 0. The summed E-state index contributed by atoms with van der Waals surface area (Å²) in [5.41, 5.74) is 5.83. The summed E-state index contributed by atoms with van der Waals surface area (Å²) in [6.07, 6.45) is 3.69. The van der Waals surface area contributed by atoms with Crippen molar-refractivity contribution in [2.45, 2.75) is 38.3 Å². The minimum absolute atomic E-state index is 0.146. The lowest BCUT2D eigenvalue weighted by Crippen LogP contribution is -2.30. The molecule has 0 saturated carbocycles. The van der Waals surface area contributed by atoms with Crippen LogP contribution in [0.4, 0.5) is 0 Å². The summed E-state index contributed by atoms with van der Waals surface area (Å²) in [6.45, 7) is 4.31. The van der Waals surface area contributed by atoms with Crippen molar-refractivity contribution < 1.29 is 9.47 Å². The summed E-state index contributed by atoms with van der Waals surface area (Å²) in [6, 6.07) is 0.146. The fourth-order valence-electron chi connectivity index (χ4n) is 1.51. The van der Waals surface area contributed by atoms with Crippen LogP contribution >= 0.6 is 0 Å². The fourth-order valence-corrected chi connectivity index (χ4v) is 1.51. The normalized spacial score (nSPS) is 26.0. The Labute approximate surface area is 74.2 Å². The molecule has 0 amide bonds. The summed E-state index contributed by atoms with van der Waals surface area (Å²) in [4.78, 5) is 0. The van der Waals surface area contributed by atoms with Crippen molar-refractivity contribution in [3.63, 3.8) is 0 Å². The topological polar surface area (TPSA) is 44.5 Å². The number of rotatable bonds is 5. The van der Waals surface area contributed by atoms with Gasteiger partial charge in [0.15, 0.2) is 0 Å². The Hall–Kier alpha value is -0.120. The molecule has 1 fully saturated rings. The van der Waals surface area contributed by atoms with E-state index in [0.717, 1.165) is 19.6 Å². The van der Waals surface area contributed by atoms with Crippen LogP contribution in [0.15, 0.2) is 0 Å². The van der Waals surface area contributed by atoms with Gasteiger partial charge < -0.3 is 15.2 Å². The van der Waals surface area contributed by atoms with Gasteiger partial charge in [-0.2, -0.15) is 0 Å². The lowest BCUT2D eigenvalue weighted by Gasteiger charge is -2.15. The summed E-state index contributed by atoms with van der Waals surface area (Å²) < 4.78 is 10.7. The molecule has 0 aromatic rings. The van der Waals surface area contributed by atoms with Crippen molar-refractivity contribution in [2.24, 2.45) is 5.73 Å². The van der Waals surface area contributed by atoms with Crippen molar-refractivity contribution in [3.8, 4) is 0 Å². The molecule has 0 aliphatic carbocycles. The average Bonchev–Trinajstić information content (AvgIpc) is 2.53. The van der Waals surface area contributed by atoms with Crippen molar-refractivity contribution >= 4 is 0 Å². The van der Waals surface area contributed by atoms with Gasteiger partial charge in [-0.1, -0.05) is 0 Å². The molecule has 0 bridgehead atoms. The summed E-state index contributed by atoms with van der Waals surface area (Å²) in [7, 11) is 0. The van der Waals surface area contributed by atoms with Crippen LogP contribution < -0.4 is 5.73 Å². The molecule has 2 unspecified atom stereocenters. The Balaban J connectivity index is 2.03. The molecule has 3 nitrogen and oxygen atoms in total. The second kappa shape index (κ2) is 5.51. The first-order valence-corrected chi connectivity index (χ1v) is 4.78. The highest BCUT2D eigenvalue weighted by Gasteiger charge is 2.18. The SMILES string of the molecule is CCOCC(N)CC1CCCO1. The van der Waals surface area contributed by atoms with Gasteiger partial charge in [-0.05, 0) is 26.2 Å². The average molecular weight is 173 g/mol. The Morgan fingerprint density at radius 1 is 1.67 bits per heavy atom. The molecule has 72 valence electrons. The molecule has 1 aliphatic heterocycles. The lowest BCUT2D eigenvalue weighted by atomic mass is 10.1. The Morgan fingerprint density at radius 3 is 3.08 bits per heavy atom. The van der Waals surface area contributed by atoms with Gasteiger partial charge in [-0.3, -0.25) is 0 Å². The van der Waals surface area contributed by atoms with E-state index < -0.39 is 0 Å². The zero-order valence-electron chi connectivity index (χ0n) is 7.79.